The molecule has 2 N–H and O–H groups in total. The monoisotopic (exact) mass is 423 g/mol. The minimum absolute atomic E-state index is 0.0609. The Labute approximate surface area is 180 Å². The highest BCUT2D eigenvalue weighted by molar-refractivity contribution is 7.99. The van der Waals surface area contributed by atoms with E-state index in [-0.39, 0.29) is 11.7 Å². The Morgan fingerprint density at radius 3 is 2.33 bits per heavy atom. The normalized spacial score (nSPS) is 10.8. The second-order valence-electron chi connectivity index (χ2n) is 7.17. The number of hydrogen-bond donors (Lipinski definition) is 2. The second-order valence-corrected chi connectivity index (χ2v) is 8.12. The van der Waals surface area contributed by atoms with Gasteiger partial charge in [-0.15, -0.1) is 10.2 Å². The largest absolute Gasteiger partial charge is 0.338 e. The third kappa shape index (κ3) is 6.18. The molecule has 3 rings (SSSR count). The van der Waals surface area contributed by atoms with Crippen LogP contribution >= 0.6 is 11.8 Å². The molecule has 7 nitrogen and oxygen atoms in total. The van der Waals surface area contributed by atoms with E-state index in [9.17, 15) is 9.59 Å². The molecule has 0 atom stereocenters. The lowest BCUT2D eigenvalue weighted by Gasteiger charge is -2.11. The summed E-state index contributed by atoms with van der Waals surface area (Å²) in [6.45, 7) is 4.49. The number of carbonyl (C=O) groups is 2. The van der Waals surface area contributed by atoms with Gasteiger partial charge in [0, 0.05) is 18.7 Å². The average Bonchev–Trinajstić information content (AvgIpc) is 3.14. The Morgan fingerprint density at radius 2 is 1.67 bits per heavy atom. The zero-order valence-electron chi connectivity index (χ0n) is 17.0. The highest BCUT2D eigenvalue weighted by Crippen LogP contribution is 2.23. The zero-order chi connectivity index (χ0) is 21.3. The van der Waals surface area contributed by atoms with Crippen LogP contribution in [0.4, 0.5) is 4.79 Å². The van der Waals surface area contributed by atoms with Crippen molar-refractivity contribution in [1.29, 1.82) is 0 Å². The number of rotatable bonds is 8. The van der Waals surface area contributed by atoms with Crippen LogP contribution in [0.15, 0.2) is 65.8 Å². The number of amides is 3. The van der Waals surface area contributed by atoms with Crippen LogP contribution in [0.1, 0.15) is 25.2 Å². The number of para-hydroxylation sites is 1. The zero-order valence-corrected chi connectivity index (χ0v) is 17.9. The molecule has 30 heavy (non-hydrogen) atoms. The lowest BCUT2D eigenvalue weighted by molar-refractivity contribution is -0.117. The summed E-state index contributed by atoms with van der Waals surface area (Å²) in [7, 11) is 0. The summed E-state index contributed by atoms with van der Waals surface area (Å²) < 4.78 is 1.95. The van der Waals surface area contributed by atoms with Gasteiger partial charge in [-0.25, -0.2) is 4.79 Å². The first-order chi connectivity index (χ1) is 14.5. The summed E-state index contributed by atoms with van der Waals surface area (Å²) in [5.41, 5.74) is 2.05. The molecule has 2 aromatic carbocycles. The van der Waals surface area contributed by atoms with E-state index < -0.39 is 6.03 Å². The van der Waals surface area contributed by atoms with Crippen LogP contribution in [0.25, 0.3) is 5.69 Å². The van der Waals surface area contributed by atoms with Gasteiger partial charge in [0.2, 0.25) is 5.91 Å². The molecule has 156 valence electrons. The van der Waals surface area contributed by atoms with Crippen LogP contribution in [0.3, 0.4) is 0 Å². The lowest BCUT2D eigenvalue weighted by Crippen LogP contribution is -2.41. The van der Waals surface area contributed by atoms with Crippen molar-refractivity contribution in [2.24, 2.45) is 5.92 Å². The molecule has 8 heteroatoms. The van der Waals surface area contributed by atoms with Crippen LogP contribution in [-0.4, -0.2) is 39.0 Å². The number of imide groups is 1. The number of urea groups is 1. The number of carbonyl (C=O) groups excluding carboxylic acids is 2. The van der Waals surface area contributed by atoms with Crippen molar-refractivity contribution in [3.8, 4) is 5.69 Å². The number of aromatic nitrogens is 3. The number of hydrogen-bond acceptors (Lipinski definition) is 5. The smallest absolute Gasteiger partial charge is 0.321 e. The van der Waals surface area contributed by atoms with E-state index >= 15 is 0 Å². The summed E-state index contributed by atoms with van der Waals surface area (Å²) in [5, 5.41) is 14.3. The van der Waals surface area contributed by atoms with E-state index in [1.54, 1.807) is 0 Å². The third-order valence-corrected chi connectivity index (χ3v) is 5.10. The van der Waals surface area contributed by atoms with Crippen molar-refractivity contribution in [2.75, 3.05) is 12.3 Å². The standard InChI is InChI=1S/C22H25N5O2S/c1-16(2)14-23-21(29)24-20(28)15-30-22-26-25-19(13-17-9-5-3-6-10-17)27(22)18-11-7-4-8-12-18/h3-12,16H,13-15H2,1-2H3,(H2,23,24,28,29). The first kappa shape index (κ1) is 21.6. The minimum atomic E-state index is -0.483. The van der Waals surface area contributed by atoms with Crippen LogP contribution < -0.4 is 10.6 Å². The van der Waals surface area contributed by atoms with Gasteiger partial charge in [-0.05, 0) is 23.6 Å². The van der Waals surface area contributed by atoms with E-state index in [0.29, 0.717) is 24.0 Å². The Morgan fingerprint density at radius 1 is 1.00 bits per heavy atom. The van der Waals surface area contributed by atoms with Crippen molar-refractivity contribution in [2.45, 2.75) is 25.4 Å². The Kier molecular flexibility index (Phi) is 7.62. The maximum Gasteiger partial charge on any atom is 0.321 e. The SMILES string of the molecule is CC(C)CNC(=O)NC(=O)CSc1nnc(Cc2ccccc2)n1-c1ccccc1. The van der Waals surface area contributed by atoms with Gasteiger partial charge in [-0.2, -0.15) is 0 Å². The molecule has 0 unspecified atom stereocenters. The van der Waals surface area contributed by atoms with Crippen LogP contribution in [0.5, 0.6) is 0 Å². The minimum Gasteiger partial charge on any atom is -0.338 e. The molecular weight excluding hydrogens is 398 g/mol. The Bertz CT molecular complexity index is 974. The first-order valence-electron chi connectivity index (χ1n) is 9.77. The summed E-state index contributed by atoms with van der Waals surface area (Å²) >= 11 is 1.25. The maximum atomic E-state index is 12.2. The number of nitrogens with one attached hydrogen (secondary N) is 2. The van der Waals surface area contributed by atoms with E-state index in [4.69, 9.17) is 0 Å². The molecule has 1 heterocycles. The van der Waals surface area contributed by atoms with Crippen LogP contribution in [0, 0.1) is 5.92 Å². The van der Waals surface area contributed by atoms with Gasteiger partial charge in [0.15, 0.2) is 5.16 Å². The van der Waals surface area contributed by atoms with Gasteiger partial charge < -0.3 is 5.32 Å². The number of thioether (sulfide) groups is 1. The van der Waals surface area contributed by atoms with Crippen molar-refractivity contribution in [1.82, 2.24) is 25.4 Å². The topological polar surface area (TPSA) is 88.9 Å². The fourth-order valence-corrected chi connectivity index (χ4v) is 3.53. The molecule has 1 aromatic heterocycles. The van der Waals surface area contributed by atoms with Crippen molar-refractivity contribution >= 4 is 23.7 Å². The quantitative estimate of drug-likeness (QED) is 0.542. The second kappa shape index (κ2) is 10.6. The first-order valence-corrected chi connectivity index (χ1v) is 10.8. The summed E-state index contributed by atoms with van der Waals surface area (Å²) in [6, 6.07) is 19.3. The fourth-order valence-electron chi connectivity index (χ4n) is 2.76. The Balaban J connectivity index is 1.71. The van der Waals surface area contributed by atoms with Gasteiger partial charge in [0.1, 0.15) is 5.82 Å². The molecule has 0 fully saturated rings. The maximum absolute atomic E-state index is 12.2. The fraction of sp³-hybridized carbons (Fsp3) is 0.273. The van der Waals surface area contributed by atoms with Gasteiger partial charge in [-0.1, -0.05) is 74.1 Å². The van der Waals surface area contributed by atoms with Gasteiger partial charge in [0.05, 0.1) is 5.75 Å². The molecule has 0 aliphatic rings. The predicted molar refractivity (Wildman–Crippen MR) is 118 cm³/mol. The van der Waals surface area contributed by atoms with Gasteiger partial charge in [-0.3, -0.25) is 14.7 Å². The number of benzene rings is 2. The van der Waals surface area contributed by atoms with Gasteiger partial charge >= 0.3 is 6.03 Å². The van der Waals surface area contributed by atoms with E-state index in [1.807, 2.05) is 79.1 Å². The summed E-state index contributed by atoms with van der Waals surface area (Å²) in [5.74, 6) is 0.775. The summed E-state index contributed by atoms with van der Waals surface area (Å²) in [6.07, 6.45) is 0.618. The molecule has 3 amide bonds. The molecule has 0 aliphatic carbocycles. The van der Waals surface area contributed by atoms with Crippen molar-refractivity contribution in [3.63, 3.8) is 0 Å². The average molecular weight is 424 g/mol. The van der Waals surface area contributed by atoms with Gasteiger partial charge in [0.25, 0.3) is 0 Å². The van der Waals surface area contributed by atoms with Crippen molar-refractivity contribution in [3.05, 3.63) is 72.1 Å². The molecular formula is C22H25N5O2S. The third-order valence-electron chi connectivity index (χ3n) is 4.18. The molecule has 0 spiro atoms. The molecule has 0 saturated carbocycles. The molecule has 0 saturated heterocycles. The molecule has 0 radical (unpaired) electrons. The number of nitrogens with zero attached hydrogens (tertiary/aromatic N) is 3. The summed E-state index contributed by atoms with van der Waals surface area (Å²) in [4.78, 5) is 23.9. The van der Waals surface area contributed by atoms with Crippen LogP contribution in [-0.2, 0) is 11.2 Å². The van der Waals surface area contributed by atoms with Crippen LogP contribution in [0.2, 0.25) is 0 Å². The van der Waals surface area contributed by atoms with E-state index in [2.05, 4.69) is 20.8 Å². The Hall–Kier alpha value is -3.13. The van der Waals surface area contributed by atoms with E-state index in [1.165, 1.54) is 11.8 Å². The molecule has 0 aliphatic heterocycles. The highest BCUT2D eigenvalue weighted by Gasteiger charge is 2.17. The lowest BCUT2D eigenvalue weighted by atomic mass is 10.1. The highest BCUT2D eigenvalue weighted by atomic mass is 32.2. The predicted octanol–water partition coefficient (Wildman–Crippen LogP) is 3.43. The van der Waals surface area contributed by atoms with Crippen molar-refractivity contribution < 1.29 is 9.59 Å². The van der Waals surface area contributed by atoms with E-state index in [0.717, 1.165) is 17.1 Å². The molecule has 3 aromatic rings. The molecule has 0 bridgehead atoms.